The number of hydrogen-bond acceptors (Lipinski definition) is 4. The van der Waals surface area contributed by atoms with Crippen LogP contribution in [0.1, 0.15) is 32.3 Å². The van der Waals surface area contributed by atoms with Crippen LogP contribution in [0.15, 0.2) is 18.2 Å². The molecule has 0 saturated carbocycles. The maximum Gasteiger partial charge on any atom is 0.138 e. The molecule has 1 aromatic carbocycles. The fraction of sp³-hybridized carbons (Fsp3) is 0.625. The standard InChI is InChI=1S/C16H26ClNO3/c1-4-16(19,5-2)12-21-15-7-6-13(10-14(15)17)11-18-8-9-20-3/h6-7,10,18-19H,4-5,8-9,11-12H2,1-3H3. The zero-order chi connectivity index (χ0) is 15.7. The maximum absolute atomic E-state index is 10.2. The van der Waals surface area contributed by atoms with Gasteiger partial charge < -0.3 is 19.9 Å². The lowest BCUT2D eigenvalue weighted by atomic mass is 9.99. The minimum Gasteiger partial charge on any atom is -0.489 e. The van der Waals surface area contributed by atoms with Gasteiger partial charge in [-0.25, -0.2) is 0 Å². The van der Waals surface area contributed by atoms with Crippen molar-refractivity contribution >= 4 is 11.6 Å². The highest BCUT2D eigenvalue weighted by Gasteiger charge is 2.23. The molecule has 0 atom stereocenters. The third-order valence-corrected chi connectivity index (χ3v) is 3.92. The SMILES string of the molecule is CCC(O)(CC)COc1ccc(CNCCOC)cc1Cl. The first-order valence-corrected chi connectivity index (χ1v) is 7.75. The van der Waals surface area contributed by atoms with Gasteiger partial charge in [-0.05, 0) is 30.5 Å². The van der Waals surface area contributed by atoms with Gasteiger partial charge in [0.05, 0.1) is 17.2 Å². The first kappa shape index (κ1) is 18.2. The van der Waals surface area contributed by atoms with E-state index in [0.29, 0.717) is 30.2 Å². The van der Waals surface area contributed by atoms with Crippen LogP contribution in [0.2, 0.25) is 5.02 Å². The molecule has 0 saturated heterocycles. The molecular weight excluding hydrogens is 290 g/mol. The summed E-state index contributed by atoms with van der Waals surface area (Å²) in [5, 5.41) is 14.0. The van der Waals surface area contributed by atoms with Crippen molar-refractivity contribution in [2.45, 2.75) is 38.8 Å². The summed E-state index contributed by atoms with van der Waals surface area (Å²) in [6.07, 6.45) is 1.31. The smallest absolute Gasteiger partial charge is 0.138 e. The van der Waals surface area contributed by atoms with Crippen molar-refractivity contribution in [3.05, 3.63) is 28.8 Å². The van der Waals surface area contributed by atoms with Crippen molar-refractivity contribution in [1.29, 1.82) is 0 Å². The van der Waals surface area contributed by atoms with Crippen LogP contribution in [0.25, 0.3) is 0 Å². The summed E-state index contributed by atoms with van der Waals surface area (Å²) >= 11 is 6.23. The van der Waals surface area contributed by atoms with Gasteiger partial charge in [0.1, 0.15) is 12.4 Å². The van der Waals surface area contributed by atoms with E-state index in [2.05, 4.69) is 5.32 Å². The van der Waals surface area contributed by atoms with Crippen LogP contribution >= 0.6 is 11.6 Å². The summed E-state index contributed by atoms with van der Waals surface area (Å²) in [6.45, 7) is 6.36. The van der Waals surface area contributed by atoms with Crippen LogP contribution in [0.5, 0.6) is 5.75 Å². The van der Waals surface area contributed by atoms with Crippen molar-refractivity contribution in [1.82, 2.24) is 5.32 Å². The second kappa shape index (κ2) is 9.26. The first-order chi connectivity index (χ1) is 10.0. The Bertz CT molecular complexity index is 422. The van der Waals surface area contributed by atoms with Gasteiger partial charge in [-0.15, -0.1) is 0 Å². The Morgan fingerprint density at radius 1 is 1.29 bits per heavy atom. The Morgan fingerprint density at radius 3 is 2.57 bits per heavy atom. The summed E-state index contributed by atoms with van der Waals surface area (Å²) in [6, 6.07) is 5.70. The van der Waals surface area contributed by atoms with E-state index >= 15 is 0 Å². The van der Waals surface area contributed by atoms with Crippen molar-refractivity contribution < 1.29 is 14.6 Å². The number of aliphatic hydroxyl groups is 1. The molecule has 0 radical (unpaired) electrons. The molecule has 0 fully saturated rings. The largest absolute Gasteiger partial charge is 0.489 e. The van der Waals surface area contributed by atoms with E-state index in [4.69, 9.17) is 21.1 Å². The number of methoxy groups -OCH3 is 1. The normalized spacial score (nSPS) is 11.7. The first-order valence-electron chi connectivity index (χ1n) is 7.38. The van der Waals surface area contributed by atoms with Crippen molar-refractivity contribution in [3.8, 4) is 5.75 Å². The molecule has 5 heteroatoms. The van der Waals surface area contributed by atoms with E-state index in [1.807, 2.05) is 32.0 Å². The van der Waals surface area contributed by atoms with Crippen LogP contribution in [0.3, 0.4) is 0 Å². The molecule has 0 heterocycles. The van der Waals surface area contributed by atoms with Crippen LogP contribution < -0.4 is 10.1 Å². The van der Waals surface area contributed by atoms with Gasteiger partial charge in [-0.1, -0.05) is 31.5 Å². The van der Waals surface area contributed by atoms with E-state index in [9.17, 15) is 5.11 Å². The molecule has 0 aliphatic carbocycles. The van der Waals surface area contributed by atoms with Gasteiger partial charge in [-0.2, -0.15) is 0 Å². The van der Waals surface area contributed by atoms with Crippen molar-refractivity contribution in [2.75, 3.05) is 26.9 Å². The van der Waals surface area contributed by atoms with Gasteiger partial charge in [0, 0.05) is 20.2 Å². The highest BCUT2D eigenvalue weighted by atomic mass is 35.5. The van der Waals surface area contributed by atoms with Gasteiger partial charge in [0.25, 0.3) is 0 Å². The van der Waals surface area contributed by atoms with E-state index in [0.717, 1.165) is 18.7 Å². The summed E-state index contributed by atoms with van der Waals surface area (Å²) in [5.41, 5.74) is 0.300. The van der Waals surface area contributed by atoms with E-state index < -0.39 is 5.60 Å². The maximum atomic E-state index is 10.2. The Labute approximate surface area is 132 Å². The average Bonchev–Trinajstić information content (AvgIpc) is 2.50. The Hall–Kier alpha value is -0.810. The molecule has 1 aromatic rings. The van der Waals surface area contributed by atoms with E-state index in [-0.39, 0.29) is 6.61 Å². The second-order valence-corrected chi connectivity index (χ2v) is 5.56. The highest BCUT2D eigenvalue weighted by molar-refractivity contribution is 6.32. The van der Waals surface area contributed by atoms with E-state index in [1.54, 1.807) is 7.11 Å². The number of ether oxygens (including phenoxy) is 2. The fourth-order valence-corrected chi connectivity index (χ4v) is 2.10. The minimum atomic E-state index is -0.788. The molecule has 0 amide bonds. The van der Waals surface area contributed by atoms with Gasteiger partial charge in [0.15, 0.2) is 0 Å². The molecule has 0 unspecified atom stereocenters. The molecule has 0 aromatic heterocycles. The van der Waals surface area contributed by atoms with Crippen LogP contribution in [0, 0.1) is 0 Å². The monoisotopic (exact) mass is 315 g/mol. The second-order valence-electron chi connectivity index (χ2n) is 5.15. The number of halogens is 1. The summed E-state index contributed by atoms with van der Waals surface area (Å²) in [5.74, 6) is 0.609. The number of rotatable bonds is 10. The molecule has 4 nitrogen and oxygen atoms in total. The van der Waals surface area contributed by atoms with Crippen molar-refractivity contribution in [2.24, 2.45) is 0 Å². The average molecular weight is 316 g/mol. The number of hydrogen-bond donors (Lipinski definition) is 2. The predicted octanol–water partition coefficient (Wildman–Crippen LogP) is 3.01. The number of nitrogens with one attached hydrogen (secondary N) is 1. The topological polar surface area (TPSA) is 50.7 Å². The Balaban J connectivity index is 2.54. The van der Waals surface area contributed by atoms with Gasteiger partial charge >= 0.3 is 0 Å². The third-order valence-electron chi connectivity index (χ3n) is 3.62. The molecule has 120 valence electrons. The Morgan fingerprint density at radius 2 is 2.00 bits per heavy atom. The minimum absolute atomic E-state index is 0.255. The van der Waals surface area contributed by atoms with Crippen LogP contribution in [-0.2, 0) is 11.3 Å². The quantitative estimate of drug-likeness (QED) is 0.652. The summed E-state index contributed by atoms with van der Waals surface area (Å²) < 4.78 is 10.6. The number of benzene rings is 1. The van der Waals surface area contributed by atoms with Gasteiger partial charge in [-0.3, -0.25) is 0 Å². The van der Waals surface area contributed by atoms with Crippen LogP contribution in [0.4, 0.5) is 0 Å². The lowest BCUT2D eigenvalue weighted by Gasteiger charge is -2.25. The zero-order valence-electron chi connectivity index (χ0n) is 13.1. The lowest BCUT2D eigenvalue weighted by Crippen LogP contribution is -2.34. The summed E-state index contributed by atoms with van der Waals surface area (Å²) in [7, 11) is 1.68. The molecular formula is C16H26ClNO3. The molecule has 0 spiro atoms. The fourth-order valence-electron chi connectivity index (χ4n) is 1.84. The zero-order valence-corrected chi connectivity index (χ0v) is 13.9. The molecule has 0 aliphatic rings. The third kappa shape index (κ3) is 6.22. The highest BCUT2D eigenvalue weighted by Crippen LogP contribution is 2.27. The van der Waals surface area contributed by atoms with Crippen molar-refractivity contribution in [3.63, 3.8) is 0 Å². The van der Waals surface area contributed by atoms with Gasteiger partial charge in [0.2, 0.25) is 0 Å². The molecule has 21 heavy (non-hydrogen) atoms. The molecule has 1 rings (SSSR count). The van der Waals surface area contributed by atoms with E-state index in [1.165, 1.54) is 0 Å². The molecule has 2 N–H and O–H groups in total. The predicted molar refractivity (Wildman–Crippen MR) is 86.1 cm³/mol. The van der Waals surface area contributed by atoms with Crippen LogP contribution in [-0.4, -0.2) is 37.6 Å². The molecule has 0 aliphatic heterocycles. The summed E-state index contributed by atoms with van der Waals surface area (Å²) in [4.78, 5) is 0. The lowest BCUT2D eigenvalue weighted by molar-refractivity contribution is -0.0113. The Kier molecular flexibility index (Phi) is 8.04. The molecule has 0 bridgehead atoms.